The van der Waals surface area contributed by atoms with E-state index in [0.29, 0.717) is 13.1 Å². The number of amides is 2. The van der Waals surface area contributed by atoms with Crippen molar-refractivity contribution in [1.82, 2.24) is 24.5 Å². The Balaban J connectivity index is 1.49. The fourth-order valence-corrected chi connectivity index (χ4v) is 4.51. The van der Waals surface area contributed by atoms with Gasteiger partial charge < -0.3 is 4.74 Å². The lowest BCUT2D eigenvalue weighted by Crippen LogP contribution is -2.51. The molecular formula is C21H19ClF5N7O2. The largest absolute Gasteiger partial charge is 0.472 e. The number of fused-ring (bicyclic) bond motifs is 3. The van der Waals surface area contributed by atoms with Gasteiger partial charge in [-0.2, -0.15) is 23.3 Å². The molecule has 0 radical (unpaired) electrons. The zero-order valence-corrected chi connectivity index (χ0v) is 19.6. The van der Waals surface area contributed by atoms with Gasteiger partial charge in [-0.1, -0.05) is 11.6 Å². The summed E-state index contributed by atoms with van der Waals surface area (Å²) in [6.07, 6.45) is -6.80. The van der Waals surface area contributed by atoms with Gasteiger partial charge in [0.25, 0.3) is 6.43 Å². The molecular weight excluding hydrogens is 513 g/mol. The number of likely N-dealkylation sites (tertiary alicyclic amines) is 1. The molecule has 1 atom stereocenters. The van der Waals surface area contributed by atoms with Crippen LogP contribution in [-0.4, -0.2) is 69.5 Å². The number of hydrogen-bond donors (Lipinski definition) is 1. The lowest BCUT2D eigenvalue weighted by atomic mass is 9.88. The minimum atomic E-state index is -4.77. The second kappa shape index (κ2) is 8.40. The molecule has 5 rings (SSSR count). The van der Waals surface area contributed by atoms with Crippen molar-refractivity contribution in [3.8, 4) is 5.88 Å². The van der Waals surface area contributed by atoms with Gasteiger partial charge in [-0.05, 0) is 20.0 Å². The summed E-state index contributed by atoms with van der Waals surface area (Å²) in [7, 11) is 1.86. The number of ether oxygens (including phenoxy) is 1. The van der Waals surface area contributed by atoms with E-state index >= 15 is 0 Å². The Hall–Kier alpha value is -3.26. The Morgan fingerprint density at radius 3 is 2.64 bits per heavy atom. The molecule has 0 bridgehead atoms. The monoisotopic (exact) mass is 531 g/mol. The van der Waals surface area contributed by atoms with Crippen molar-refractivity contribution in [3.63, 3.8) is 0 Å². The van der Waals surface area contributed by atoms with Crippen molar-refractivity contribution >= 4 is 34.8 Å². The predicted octanol–water partition coefficient (Wildman–Crippen LogP) is 4.28. The molecule has 2 aliphatic heterocycles. The summed E-state index contributed by atoms with van der Waals surface area (Å²) in [4.78, 5) is 24.0. The Kier molecular flexibility index (Phi) is 5.70. The van der Waals surface area contributed by atoms with E-state index in [9.17, 15) is 26.7 Å². The number of hydrogen-bond acceptors (Lipinski definition) is 6. The van der Waals surface area contributed by atoms with Crippen molar-refractivity contribution < 1.29 is 31.5 Å². The van der Waals surface area contributed by atoms with E-state index < -0.39 is 36.2 Å². The smallest absolute Gasteiger partial charge is 0.401 e. The van der Waals surface area contributed by atoms with Crippen LogP contribution in [0.25, 0.3) is 5.65 Å². The van der Waals surface area contributed by atoms with Crippen LogP contribution in [0.2, 0.25) is 5.15 Å². The molecule has 36 heavy (non-hydrogen) atoms. The number of aromatic nitrogens is 4. The highest BCUT2D eigenvalue weighted by molar-refractivity contribution is 6.29. The summed E-state index contributed by atoms with van der Waals surface area (Å²) in [6.45, 7) is 1.27. The molecule has 0 spiro atoms. The zero-order valence-electron chi connectivity index (χ0n) is 18.9. The predicted molar refractivity (Wildman–Crippen MR) is 119 cm³/mol. The number of halogens is 6. The molecule has 0 unspecified atom stereocenters. The molecule has 192 valence electrons. The number of pyridine rings is 1. The molecule has 3 aromatic heterocycles. The fourth-order valence-electron chi connectivity index (χ4n) is 4.33. The molecule has 1 saturated heterocycles. The van der Waals surface area contributed by atoms with Crippen LogP contribution in [0, 0.1) is 0 Å². The summed E-state index contributed by atoms with van der Waals surface area (Å²) >= 11 is 5.88. The maximum Gasteiger partial charge on any atom is 0.401 e. The fraction of sp³-hybridized carbons (Fsp3) is 0.429. The molecule has 0 saturated carbocycles. The van der Waals surface area contributed by atoms with E-state index in [-0.39, 0.29) is 40.0 Å². The van der Waals surface area contributed by atoms with Crippen LogP contribution in [0.5, 0.6) is 5.88 Å². The summed E-state index contributed by atoms with van der Waals surface area (Å²) in [5.41, 5.74) is -3.38. The van der Waals surface area contributed by atoms with E-state index in [0.717, 1.165) is 34.7 Å². The molecule has 0 aliphatic carbocycles. The van der Waals surface area contributed by atoms with Gasteiger partial charge in [-0.25, -0.2) is 23.1 Å². The number of anilines is 2. The first-order valence-electron chi connectivity index (χ1n) is 10.7. The first kappa shape index (κ1) is 24.4. The third kappa shape index (κ3) is 4.07. The van der Waals surface area contributed by atoms with Crippen LogP contribution in [0.1, 0.15) is 24.6 Å². The van der Waals surface area contributed by atoms with Gasteiger partial charge in [0.2, 0.25) is 5.88 Å². The number of likely N-dealkylation sites (N-methyl/N-ethyl adjacent to an activating group) is 1. The Morgan fingerprint density at radius 1 is 1.28 bits per heavy atom. The van der Waals surface area contributed by atoms with E-state index in [1.54, 1.807) is 0 Å². The second-order valence-electron chi connectivity index (χ2n) is 8.96. The molecule has 2 aliphatic rings. The van der Waals surface area contributed by atoms with E-state index in [2.05, 4.69) is 20.4 Å². The first-order chi connectivity index (χ1) is 16.9. The lowest BCUT2D eigenvalue weighted by molar-refractivity contribution is -0.181. The SMILES string of the molecule is CN1CC(Oc2cc(C(F)F)cc(NC(=O)N3C[C@@](C)(C(F)(F)F)c4c3cnc3cc(Cl)nn43)n2)C1. The highest BCUT2D eigenvalue weighted by Gasteiger charge is 2.60. The maximum absolute atomic E-state index is 14.2. The van der Waals surface area contributed by atoms with E-state index in [1.165, 1.54) is 6.07 Å². The van der Waals surface area contributed by atoms with Gasteiger partial charge in [-0.3, -0.25) is 15.1 Å². The minimum absolute atomic E-state index is 0.0680. The van der Waals surface area contributed by atoms with Gasteiger partial charge in [-0.15, -0.1) is 0 Å². The quantitative estimate of drug-likeness (QED) is 0.506. The van der Waals surface area contributed by atoms with Crippen LogP contribution in [-0.2, 0) is 5.41 Å². The van der Waals surface area contributed by atoms with E-state index in [4.69, 9.17) is 16.3 Å². The standard InChI is InChI=1S/C21H19ClF5N7O2/c1-20(21(25,26)27)9-33(12-6-28-15-5-13(22)31-34(15)17(12)20)19(35)30-14-3-10(18(23)24)4-16(29-14)36-11-7-32(2)8-11/h3-6,11,18H,7-9H2,1-2H3,(H,29,30,35)/t20-/m1/s1. The summed E-state index contributed by atoms with van der Waals surface area (Å²) in [6, 6.07) is 2.28. The third-order valence-electron chi connectivity index (χ3n) is 6.22. The number of urea groups is 1. The summed E-state index contributed by atoms with van der Waals surface area (Å²) < 4.78 is 76.2. The zero-order chi connectivity index (χ0) is 26.0. The van der Waals surface area contributed by atoms with Crippen molar-refractivity contribution in [2.75, 3.05) is 36.9 Å². The van der Waals surface area contributed by atoms with Gasteiger partial charge in [0.15, 0.2) is 10.8 Å². The maximum atomic E-state index is 14.2. The van der Waals surface area contributed by atoms with E-state index in [1.807, 2.05) is 11.9 Å². The van der Waals surface area contributed by atoms with Crippen LogP contribution < -0.4 is 15.0 Å². The summed E-state index contributed by atoms with van der Waals surface area (Å²) in [5.74, 6) is -0.420. The molecule has 5 heterocycles. The third-order valence-corrected chi connectivity index (χ3v) is 6.41. The van der Waals surface area contributed by atoms with Crippen LogP contribution in [0.4, 0.5) is 38.3 Å². The number of nitrogens with one attached hydrogen (secondary N) is 1. The molecule has 1 N–H and O–H groups in total. The van der Waals surface area contributed by atoms with Crippen LogP contribution >= 0.6 is 11.6 Å². The number of alkyl halides is 5. The first-order valence-corrected chi connectivity index (χ1v) is 11.1. The molecule has 1 fully saturated rings. The number of nitrogens with zero attached hydrogens (tertiary/aromatic N) is 6. The van der Waals surface area contributed by atoms with Crippen molar-refractivity contribution in [2.24, 2.45) is 0 Å². The molecule has 2 amide bonds. The average Bonchev–Trinajstić information content (AvgIpc) is 3.29. The van der Waals surface area contributed by atoms with Crippen molar-refractivity contribution in [2.45, 2.75) is 31.0 Å². The second-order valence-corrected chi connectivity index (χ2v) is 9.35. The van der Waals surface area contributed by atoms with Crippen molar-refractivity contribution in [1.29, 1.82) is 0 Å². The Morgan fingerprint density at radius 2 is 2.00 bits per heavy atom. The minimum Gasteiger partial charge on any atom is -0.472 e. The Bertz CT molecular complexity index is 1340. The van der Waals surface area contributed by atoms with Crippen LogP contribution in [0.15, 0.2) is 24.4 Å². The molecule has 15 heteroatoms. The van der Waals surface area contributed by atoms with Crippen LogP contribution in [0.3, 0.4) is 0 Å². The highest BCUT2D eigenvalue weighted by Crippen LogP contribution is 2.50. The topological polar surface area (TPSA) is 87.9 Å². The normalized spacial score (nSPS) is 20.6. The molecule has 9 nitrogen and oxygen atoms in total. The Labute approximate surface area is 205 Å². The van der Waals surface area contributed by atoms with Crippen molar-refractivity contribution in [3.05, 3.63) is 40.8 Å². The molecule has 0 aromatic carbocycles. The number of carbonyl (C=O) groups is 1. The van der Waals surface area contributed by atoms with Gasteiger partial charge in [0.05, 0.1) is 17.6 Å². The highest BCUT2D eigenvalue weighted by atomic mass is 35.5. The van der Waals surface area contributed by atoms with Gasteiger partial charge >= 0.3 is 12.2 Å². The number of carbonyl (C=O) groups excluding carboxylic acids is 1. The van der Waals surface area contributed by atoms with Gasteiger partial charge in [0, 0.05) is 37.3 Å². The molecule has 3 aromatic rings. The lowest BCUT2D eigenvalue weighted by Gasteiger charge is -2.35. The number of rotatable bonds is 4. The van der Waals surface area contributed by atoms with Gasteiger partial charge in [0.1, 0.15) is 17.3 Å². The average molecular weight is 532 g/mol. The summed E-state index contributed by atoms with van der Waals surface area (Å²) in [5, 5.41) is 6.16.